The Morgan fingerprint density at radius 1 is 1.25 bits per heavy atom. The van der Waals surface area contributed by atoms with E-state index in [0.717, 1.165) is 43.5 Å². The number of anilines is 1. The van der Waals surface area contributed by atoms with Crippen LogP contribution in [0.25, 0.3) is 10.9 Å². The summed E-state index contributed by atoms with van der Waals surface area (Å²) >= 11 is 1.22. The first-order valence-electron chi connectivity index (χ1n) is 10.7. The minimum absolute atomic E-state index is 0.325. The fraction of sp³-hybridized carbons (Fsp3) is 0.500. The lowest BCUT2D eigenvalue weighted by molar-refractivity contribution is -0.120. The van der Waals surface area contributed by atoms with Gasteiger partial charge in [0.25, 0.3) is 5.91 Å². The fourth-order valence-corrected chi connectivity index (χ4v) is 4.34. The topological polar surface area (TPSA) is 111 Å². The monoisotopic (exact) mass is 456 g/mol. The molecule has 2 aromatic heterocycles. The fourth-order valence-electron chi connectivity index (χ4n) is 3.89. The molecule has 0 aliphatic carbocycles. The normalized spacial score (nSPS) is 16.1. The Morgan fingerprint density at radius 3 is 2.69 bits per heavy atom. The molecule has 0 bridgehead atoms. The Bertz CT molecular complexity index is 1080. The van der Waals surface area contributed by atoms with Crippen LogP contribution in [-0.2, 0) is 16.1 Å². The number of fused-ring (bicyclic) bond motifs is 1. The second-order valence-electron chi connectivity index (χ2n) is 9.11. The summed E-state index contributed by atoms with van der Waals surface area (Å²) in [4.78, 5) is 26.2. The van der Waals surface area contributed by atoms with Crippen LogP contribution in [0.4, 0.5) is 5.13 Å². The molecule has 9 nitrogen and oxygen atoms in total. The lowest BCUT2D eigenvalue weighted by Crippen LogP contribution is -2.51. The van der Waals surface area contributed by atoms with Gasteiger partial charge < -0.3 is 10.1 Å². The van der Waals surface area contributed by atoms with Crippen molar-refractivity contribution in [2.45, 2.75) is 46.2 Å². The zero-order valence-corrected chi connectivity index (χ0v) is 19.3. The van der Waals surface area contributed by atoms with Crippen LogP contribution in [-0.4, -0.2) is 51.0 Å². The van der Waals surface area contributed by atoms with Gasteiger partial charge in [-0.25, -0.2) is 0 Å². The number of hydrogen-bond donors (Lipinski definition) is 2. The molecule has 32 heavy (non-hydrogen) atoms. The number of carbonyl (C=O) groups excluding carboxylic acids is 2. The molecule has 2 N–H and O–H groups in total. The van der Waals surface area contributed by atoms with Crippen molar-refractivity contribution in [1.29, 1.82) is 0 Å². The number of nitrogens with one attached hydrogen (secondary N) is 2. The first kappa shape index (κ1) is 22.3. The predicted molar refractivity (Wildman–Crippen MR) is 123 cm³/mol. The van der Waals surface area contributed by atoms with Crippen molar-refractivity contribution in [2.75, 3.05) is 18.5 Å². The molecule has 3 heterocycles. The third-order valence-corrected chi connectivity index (χ3v) is 6.25. The van der Waals surface area contributed by atoms with Crippen molar-refractivity contribution in [1.82, 2.24) is 25.3 Å². The molecule has 1 aliphatic rings. The second-order valence-corrected chi connectivity index (χ2v) is 9.94. The van der Waals surface area contributed by atoms with E-state index in [-0.39, 0.29) is 11.8 Å². The van der Waals surface area contributed by atoms with E-state index in [9.17, 15) is 9.59 Å². The van der Waals surface area contributed by atoms with Gasteiger partial charge in [-0.05, 0) is 30.2 Å². The van der Waals surface area contributed by atoms with Gasteiger partial charge in [-0.1, -0.05) is 50.3 Å². The van der Waals surface area contributed by atoms with E-state index in [1.807, 2.05) is 49.7 Å². The van der Waals surface area contributed by atoms with Crippen LogP contribution < -0.4 is 10.6 Å². The molecule has 0 saturated carbocycles. The Kier molecular flexibility index (Phi) is 6.52. The van der Waals surface area contributed by atoms with Crippen LogP contribution in [0.5, 0.6) is 0 Å². The summed E-state index contributed by atoms with van der Waals surface area (Å²) in [7, 11) is 0. The van der Waals surface area contributed by atoms with Crippen LogP contribution in [0.15, 0.2) is 29.8 Å². The standard InChI is InChI=1S/C22H28N6O3S/c1-22(2,3)18(20(30)25-21-26-23-13-32-21)24-19(29)17-15-6-4-5-7-16(15)28(27-17)12-14-8-10-31-11-9-14/h4-7,13-14,18H,8-12H2,1-3H3,(H,24,29)(H,25,26,30). The van der Waals surface area contributed by atoms with Gasteiger partial charge in [0.05, 0.1) is 5.52 Å². The smallest absolute Gasteiger partial charge is 0.273 e. The molecule has 1 aromatic carbocycles. The van der Waals surface area contributed by atoms with E-state index in [4.69, 9.17) is 4.74 Å². The van der Waals surface area contributed by atoms with Crippen LogP contribution in [0.1, 0.15) is 44.1 Å². The number of aromatic nitrogens is 4. The SMILES string of the molecule is CC(C)(C)C(NC(=O)c1nn(CC2CCOCC2)c2ccccc12)C(=O)Nc1nncs1. The Hall–Kier alpha value is -2.85. The molecule has 1 atom stereocenters. The number of carbonyl (C=O) groups is 2. The molecule has 1 saturated heterocycles. The van der Waals surface area contributed by atoms with E-state index >= 15 is 0 Å². The highest BCUT2D eigenvalue weighted by atomic mass is 32.1. The summed E-state index contributed by atoms with van der Waals surface area (Å²) < 4.78 is 7.37. The average Bonchev–Trinajstić information content (AvgIpc) is 3.40. The highest BCUT2D eigenvalue weighted by molar-refractivity contribution is 7.13. The molecule has 4 rings (SSSR count). The van der Waals surface area contributed by atoms with Crippen LogP contribution in [0.2, 0.25) is 0 Å². The van der Waals surface area contributed by atoms with Gasteiger partial charge in [-0.2, -0.15) is 5.10 Å². The van der Waals surface area contributed by atoms with Crippen molar-refractivity contribution in [2.24, 2.45) is 11.3 Å². The summed E-state index contributed by atoms with van der Waals surface area (Å²) in [6, 6.07) is 6.92. The first-order chi connectivity index (χ1) is 15.3. The summed E-state index contributed by atoms with van der Waals surface area (Å²) in [6.45, 7) is 7.96. The van der Waals surface area contributed by atoms with Gasteiger partial charge in [0.2, 0.25) is 11.0 Å². The summed E-state index contributed by atoms with van der Waals surface area (Å²) in [5.74, 6) is -0.254. The lowest BCUT2D eigenvalue weighted by atomic mass is 9.86. The predicted octanol–water partition coefficient (Wildman–Crippen LogP) is 3.10. The van der Waals surface area contributed by atoms with E-state index < -0.39 is 11.5 Å². The van der Waals surface area contributed by atoms with Gasteiger partial charge in [0, 0.05) is 25.1 Å². The summed E-state index contributed by atoms with van der Waals surface area (Å²) in [5, 5.41) is 19.1. The molecule has 1 fully saturated rings. The number of rotatable bonds is 6. The molecule has 2 amide bonds. The lowest BCUT2D eigenvalue weighted by Gasteiger charge is -2.29. The van der Waals surface area contributed by atoms with Crippen molar-refractivity contribution in [3.05, 3.63) is 35.5 Å². The van der Waals surface area contributed by atoms with Gasteiger partial charge in [-0.15, -0.1) is 10.2 Å². The molecule has 3 aromatic rings. The quantitative estimate of drug-likeness (QED) is 0.590. The molecular formula is C22H28N6O3S. The average molecular weight is 457 g/mol. The number of para-hydroxylation sites is 1. The van der Waals surface area contributed by atoms with Crippen LogP contribution >= 0.6 is 11.3 Å². The summed E-state index contributed by atoms with van der Waals surface area (Å²) in [6.07, 6.45) is 1.96. The Labute approximate surface area is 190 Å². The highest BCUT2D eigenvalue weighted by Crippen LogP contribution is 2.25. The van der Waals surface area contributed by atoms with Crippen molar-refractivity contribution in [3.63, 3.8) is 0 Å². The maximum Gasteiger partial charge on any atom is 0.273 e. The third-order valence-electron chi connectivity index (χ3n) is 5.64. The molecule has 0 radical (unpaired) electrons. The molecular weight excluding hydrogens is 428 g/mol. The number of nitrogens with zero attached hydrogens (tertiary/aromatic N) is 4. The van der Waals surface area contributed by atoms with Gasteiger partial charge in [0.1, 0.15) is 11.6 Å². The van der Waals surface area contributed by atoms with Crippen molar-refractivity contribution in [3.8, 4) is 0 Å². The Balaban J connectivity index is 1.58. The summed E-state index contributed by atoms with van der Waals surface area (Å²) in [5.41, 5.74) is 2.25. The number of amides is 2. The van der Waals surface area contributed by atoms with Gasteiger partial charge in [0.15, 0.2) is 5.69 Å². The third kappa shape index (κ3) is 4.97. The maximum absolute atomic E-state index is 13.3. The van der Waals surface area contributed by atoms with E-state index in [1.165, 1.54) is 16.8 Å². The van der Waals surface area contributed by atoms with Crippen molar-refractivity contribution >= 4 is 39.2 Å². The zero-order valence-electron chi connectivity index (χ0n) is 18.5. The molecule has 1 unspecified atom stereocenters. The minimum atomic E-state index is -0.779. The number of ether oxygens (including phenoxy) is 1. The number of hydrogen-bond acceptors (Lipinski definition) is 7. The van der Waals surface area contributed by atoms with E-state index in [2.05, 4.69) is 25.9 Å². The van der Waals surface area contributed by atoms with Gasteiger partial charge in [-0.3, -0.25) is 19.6 Å². The first-order valence-corrected chi connectivity index (χ1v) is 11.6. The minimum Gasteiger partial charge on any atom is -0.381 e. The Morgan fingerprint density at radius 2 is 2.00 bits per heavy atom. The molecule has 0 spiro atoms. The van der Waals surface area contributed by atoms with Crippen LogP contribution in [0.3, 0.4) is 0 Å². The molecule has 1 aliphatic heterocycles. The maximum atomic E-state index is 13.3. The molecule has 170 valence electrons. The van der Waals surface area contributed by atoms with Crippen molar-refractivity contribution < 1.29 is 14.3 Å². The van der Waals surface area contributed by atoms with Gasteiger partial charge >= 0.3 is 0 Å². The van der Waals surface area contributed by atoms with E-state index in [0.29, 0.717) is 16.7 Å². The molecule has 10 heteroatoms. The second kappa shape index (κ2) is 9.33. The number of benzene rings is 1. The zero-order chi connectivity index (χ0) is 22.7. The van der Waals surface area contributed by atoms with E-state index in [1.54, 1.807) is 0 Å². The largest absolute Gasteiger partial charge is 0.381 e. The highest BCUT2D eigenvalue weighted by Gasteiger charge is 2.34. The van der Waals surface area contributed by atoms with Crippen LogP contribution in [0, 0.1) is 11.3 Å².